The highest BCUT2D eigenvalue weighted by atomic mass is 19.1. The van der Waals surface area contributed by atoms with Crippen molar-refractivity contribution in [2.24, 2.45) is 0 Å². The fourth-order valence-electron chi connectivity index (χ4n) is 1.66. The van der Waals surface area contributed by atoms with E-state index in [0.717, 1.165) is 5.56 Å². The number of carboxylic acid groups (broad SMARTS) is 1. The molecule has 86 valence electrons. The average molecular weight is 223 g/mol. The standard InChI is InChI=1S/C12H14FNO2/c1-2-10(11(14)7-12(15)16)8-3-5-9(13)6-4-8/h3-6,10,14H,2,7H2,1H3,(H,15,16). The van der Waals surface area contributed by atoms with E-state index in [-0.39, 0.29) is 23.9 Å². The summed E-state index contributed by atoms with van der Waals surface area (Å²) in [5.74, 6) is -1.58. The summed E-state index contributed by atoms with van der Waals surface area (Å²) in [6, 6.07) is 5.85. The number of aliphatic carboxylic acids is 1. The van der Waals surface area contributed by atoms with E-state index in [2.05, 4.69) is 0 Å². The topological polar surface area (TPSA) is 61.2 Å². The van der Waals surface area contributed by atoms with Crippen LogP contribution in [0, 0.1) is 11.2 Å². The number of halogens is 1. The molecule has 4 heteroatoms. The Morgan fingerprint density at radius 3 is 2.44 bits per heavy atom. The van der Waals surface area contributed by atoms with Gasteiger partial charge >= 0.3 is 5.97 Å². The Kier molecular flexibility index (Phi) is 4.17. The van der Waals surface area contributed by atoms with Gasteiger partial charge in [-0.15, -0.1) is 0 Å². The van der Waals surface area contributed by atoms with Crippen molar-refractivity contribution in [2.75, 3.05) is 0 Å². The lowest BCUT2D eigenvalue weighted by Gasteiger charge is -2.15. The van der Waals surface area contributed by atoms with Crippen LogP contribution in [0.1, 0.15) is 31.2 Å². The van der Waals surface area contributed by atoms with Gasteiger partial charge in [0.2, 0.25) is 0 Å². The molecule has 0 aromatic heterocycles. The van der Waals surface area contributed by atoms with Crippen LogP contribution in [0.15, 0.2) is 24.3 Å². The Labute approximate surface area is 93.4 Å². The Morgan fingerprint density at radius 2 is 2.00 bits per heavy atom. The lowest BCUT2D eigenvalue weighted by molar-refractivity contribution is -0.135. The Hall–Kier alpha value is -1.71. The number of rotatable bonds is 5. The molecule has 0 saturated heterocycles. The molecule has 3 nitrogen and oxygen atoms in total. The lowest BCUT2D eigenvalue weighted by Crippen LogP contribution is -2.15. The number of benzene rings is 1. The molecule has 1 unspecified atom stereocenters. The van der Waals surface area contributed by atoms with Crippen LogP contribution in [-0.4, -0.2) is 16.8 Å². The largest absolute Gasteiger partial charge is 0.481 e. The second-order valence-corrected chi connectivity index (χ2v) is 3.61. The predicted molar refractivity (Wildman–Crippen MR) is 59.4 cm³/mol. The normalized spacial score (nSPS) is 12.1. The molecule has 1 aromatic carbocycles. The number of hydrogen-bond donors (Lipinski definition) is 2. The van der Waals surface area contributed by atoms with Gasteiger partial charge in [-0.3, -0.25) is 4.79 Å². The maximum absolute atomic E-state index is 12.7. The highest BCUT2D eigenvalue weighted by Crippen LogP contribution is 2.22. The van der Waals surface area contributed by atoms with Crippen molar-refractivity contribution in [3.05, 3.63) is 35.6 Å². The molecule has 16 heavy (non-hydrogen) atoms. The smallest absolute Gasteiger partial charge is 0.309 e. The summed E-state index contributed by atoms with van der Waals surface area (Å²) in [5.41, 5.74) is 0.941. The lowest BCUT2D eigenvalue weighted by atomic mass is 9.90. The van der Waals surface area contributed by atoms with Gasteiger partial charge in [0.1, 0.15) is 5.82 Å². The van der Waals surface area contributed by atoms with Gasteiger partial charge in [0, 0.05) is 11.6 Å². The fourth-order valence-corrected chi connectivity index (χ4v) is 1.66. The van der Waals surface area contributed by atoms with Crippen molar-refractivity contribution in [2.45, 2.75) is 25.7 Å². The first-order valence-electron chi connectivity index (χ1n) is 5.09. The molecule has 0 amide bonds. The molecule has 0 saturated carbocycles. The summed E-state index contributed by atoms with van der Waals surface area (Å²) >= 11 is 0. The van der Waals surface area contributed by atoms with E-state index in [1.165, 1.54) is 12.1 Å². The van der Waals surface area contributed by atoms with Crippen LogP contribution in [0.2, 0.25) is 0 Å². The first kappa shape index (κ1) is 12.4. The third-order valence-electron chi connectivity index (χ3n) is 2.44. The molecule has 1 rings (SSSR count). The van der Waals surface area contributed by atoms with Crippen LogP contribution in [0.25, 0.3) is 0 Å². The second-order valence-electron chi connectivity index (χ2n) is 3.61. The third kappa shape index (κ3) is 3.15. The van der Waals surface area contributed by atoms with Gasteiger partial charge in [-0.1, -0.05) is 19.1 Å². The van der Waals surface area contributed by atoms with Crippen LogP contribution < -0.4 is 0 Å². The minimum Gasteiger partial charge on any atom is -0.481 e. The predicted octanol–water partition coefficient (Wildman–Crippen LogP) is 2.81. The minimum atomic E-state index is -1.01. The summed E-state index contributed by atoms with van der Waals surface area (Å²) in [6.45, 7) is 1.88. The van der Waals surface area contributed by atoms with Crippen molar-refractivity contribution in [1.29, 1.82) is 5.41 Å². The van der Waals surface area contributed by atoms with Gasteiger partial charge in [0.25, 0.3) is 0 Å². The molecule has 0 aliphatic rings. The highest BCUT2D eigenvalue weighted by Gasteiger charge is 2.17. The van der Waals surface area contributed by atoms with Crippen molar-refractivity contribution in [3.63, 3.8) is 0 Å². The molecular weight excluding hydrogens is 209 g/mol. The third-order valence-corrected chi connectivity index (χ3v) is 2.44. The summed E-state index contributed by atoms with van der Waals surface area (Å²) < 4.78 is 12.7. The summed E-state index contributed by atoms with van der Waals surface area (Å²) in [6.07, 6.45) is 0.369. The molecule has 1 atom stereocenters. The molecule has 0 spiro atoms. The zero-order valence-corrected chi connectivity index (χ0v) is 9.03. The summed E-state index contributed by atoms with van der Waals surface area (Å²) in [5, 5.41) is 16.3. The number of carbonyl (C=O) groups is 1. The van der Waals surface area contributed by atoms with Gasteiger partial charge in [-0.25, -0.2) is 4.39 Å². The van der Waals surface area contributed by atoms with E-state index in [1.807, 2.05) is 6.92 Å². The van der Waals surface area contributed by atoms with E-state index < -0.39 is 5.97 Å². The Bertz CT molecular complexity index is 387. The number of carboxylic acids is 1. The van der Waals surface area contributed by atoms with Gasteiger partial charge in [0.15, 0.2) is 0 Å². The Balaban J connectivity index is 2.85. The van der Waals surface area contributed by atoms with Gasteiger partial charge in [-0.05, 0) is 24.1 Å². The van der Waals surface area contributed by atoms with Crippen LogP contribution in [-0.2, 0) is 4.79 Å². The molecule has 0 aliphatic heterocycles. The number of nitrogens with one attached hydrogen (secondary N) is 1. The van der Waals surface area contributed by atoms with Crippen LogP contribution in [0.4, 0.5) is 4.39 Å². The zero-order valence-electron chi connectivity index (χ0n) is 9.03. The van der Waals surface area contributed by atoms with Crippen molar-refractivity contribution >= 4 is 11.7 Å². The van der Waals surface area contributed by atoms with Crippen LogP contribution in [0.5, 0.6) is 0 Å². The molecule has 2 N–H and O–H groups in total. The van der Waals surface area contributed by atoms with E-state index >= 15 is 0 Å². The quantitative estimate of drug-likeness (QED) is 0.754. The minimum absolute atomic E-state index is 0.154. The van der Waals surface area contributed by atoms with Crippen molar-refractivity contribution in [3.8, 4) is 0 Å². The average Bonchev–Trinajstić information content (AvgIpc) is 2.21. The number of hydrogen-bond acceptors (Lipinski definition) is 2. The van der Waals surface area contributed by atoms with E-state index in [9.17, 15) is 9.18 Å². The maximum atomic E-state index is 12.7. The van der Waals surface area contributed by atoms with E-state index in [4.69, 9.17) is 10.5 Å². The molecule has 1 aromatic rings. The van der Waals surface area contributed by atoms with Gasteiger partial charge in [0.05, 0.1) is 6.42 Å². The van der Waals surface area contributed by atoms with Gasteiger partial charge < -0.3 is 10.5 Å². The van der Waals surface area contributed by atoms with Crippen molar-refractivity contribution < 1.29 is 14.3 Å². The first-order valence-corrected chi connectivity index (χ1v) is 5.09. The van der Waals surface area contributed by atoms with E-state index in [1.54, 1.807) is 12.1 Å². The molecule has 0 bridgehead atoms. The fraction of sp³-hybridized carbons (Fsp3) is 0.333. The second kappa shape index (κ2) is 5.39. The maximum Gasteiger partial charge on any atom is 0.309 e. The first-order chi connectivity index (χ1) is 7.54. The zero-order chi connectivity index (χ0) is 12.1. The van der Waals surface area contributed by atoms with Crippen molar-refractivity contribution in [1.82, 2.24) is 0 Å². The molecule has 0 radical (unpaired) electrons. The monoisotopic (exact) mass is 223 g/mol. The molecule has 0 heterocycles. The Morgan fingerprint density at radius 1 is 1.44 bits per heavy atom. The molecule has 0 aliphatic carbocycles. The summed E-state index contributed by atoms with van der Waals surface area (Å²) in [4.78, 5) is 10.5. The van der Waals surface area contributed by atoms with Crippen LogP contribution in [0.3, 0.4) is 0 Å². The SMILES string of the molecule is CCC(C(=N)CC(=O)O)c1ccc(F)cc1. The van der Waals surface area contributed by atoms with Gasteiger partial charge in [-0.2, -0.15) is 0 Å². The highest BCUT2D eigenvalue weighted by molar-refractivity contribution is 6.00. The molecular formula is C12H14FNO2. The summed E-state index contributed by atoms with van der Waals surface area (Å²) in [7, 11) is 0. The molecule has 0 fully saturated rings. The van der Waals surface area contributed by atoms with Crippen LogP contribution >= 0.6 is 0 Å². The van der Waals surface area contributed by atoms with E-state index in [0.29, 0.717) is 6.42 Å².